The normalized spacial score (nSPS) is 18.4. The number of aryl methyl sites for hydroxylation is 1. The van der Waals surface area contributed by atoms with Crippen LogP contribution in [0.15, 0.2) is 84.2 Å². The van der Waals surface area contributed by atoms with Gasteiger partial charge >= 0.3 is 175 Å². The molecule has 3 atom stereocenters. The molecule has 3 unspecified atom stereocenters. The van der Waals surface area contributed by atoms with Gasteiger partial charge in [0.1, 0.15) is 0 Å². The van der Waals surface area contributed by atoms with Crippen LogP contribution in [0, 0.1) is 6.92 Å². The molecule has 0 heterocycles. The standard InChI is InChI=1S/C16H14P.C9H7.2ClH.Zr/c1-12-6-2-5-9-16(12)17-15-10-13-7-3-4-8-14(13)11-15;1-2-5-9-7-3-6-8(9)4-1;;;/h2-11,17H,1H3;1-7H;2*1H;/q;;;;+2/p-2. The minimum absolute atomic E-state index is 0. The Morgan fingerprint density at radius 2 is 1.41 bits per heavy atom. The molecule has 3 aromatic rings. The summed E-state index contributed by atoms with van der Waals surface area (Å²) in [6.45, 7) is 2.25. The van der Waals surface area contributed by atoms with E-state index in [0.29, 0.717) is 7.25 Å². The molecule has 2 aliphatic carbocycles. The van der Waals surface area contributed by atoms with E-state index in [4.69, 9.17) is 0 Å². The number of hydrogen-bond donors (Lipinski definition) is 0. The van der Waals surface area contributed by atoms with E-state index in [2.05, 4.69) is 97.9 Å². The summed E-state index contributed by atoms with van der Waals surface area (Å²) in [6.07, 6.45) is 7.32. The molecule has 0 amide bonds. The first kappa shape index (κ1) is 22.7. The van der Waals surface area contributed by atoms with E-state index in [-0.39, 0.29) is 24.8 Å². The minimum Gasteiger partial charge on any atom is -1.00 e. The van der Waals surface area contributed by atoms with E-state index in [1.165, 1.54) is 22.0 Å². The maximum Gasteiger partial charge on any atom is -1.00 e. The number of allylic oxidation sites excluding steroid dienone is 2. The second-order valence-corrected chi connectivity index (χ2v) is 12.4. The number of rotatable bonds is 4. The van der Waals surface area contributed by atoms with Crippen LogP contribution in [0.4, 0.5) is 0 Å². The maximum absolute atomic E-state index is 2.50. The van der Waals surface area contributed by atoms with Crippen LogP contribution in [0.25, 0.3) is 12.2 Å². The first-order chi connectivity index (χ1) is 13.3. The van der Waals surface area contributed by atoms with Gasteiger partial charge in [0.05, 0.1) is 0 Å². The minimum atomic E-state index is -0.722. The van der Waals surface area contributed by atoms with Gasteiger partial charge in [-0.15, -0.1) is 0 Å². The average molecular weight is 515 g/mol. The maximum atomic E-state index is 2.50. The Bertz CT molecular complexity index is 1070. The number of halogens is 2. The molecule has 0 nitrogen and oxygen atoms in total. The van der Waals surface area contributed by atoms with Gasteiger partial charge in [0.25, 0.3) is 0 Å². The first-order valence-corrected chi connectivity index (χ1v) is 13.3. The molecule has 0 N–H and O–H groups in total. The fraction of sp³-hybridized carbons (Fsp3) is 0.120. The van der Waals surface area contributed by atoms with Crippen molar-refractivity contribution in [3.8, 4) is 0 Å². The SMILES string of the molecule is Cc1ccccc1PC1=Cc2ccccc2[CH]1[Zr+2][CH]1C=Cc2ccccc21.[Cl-].[Cl-]. The topological polar surface area (TPSA) is 0 Å². The zero-order valence-corrected chi connectivity index (χ0v) is 21.0. The molecule has 3 aromatic carbocycles. The van der Waals surface area contributed by atoms with Crippen LogP contribution >= 0.6 is 8.58 Å². The van der Waals surface area contributed by atoms with Gasteiger partial charge in [-0.3, -0.25) is 0 Å². The van der Waals surface area contributed by atoms with Crippen molar-refractivity contribution in [2.75, 3.05) is 0 Å². The predicted molar refractivity (Wildman–Crippen MR) is 115 cm³/mol. The molecule has 4 heteroatoms. The summed E-state index contributed by atoms with van der Waals surface area (Å²) in [6, 6.07) is 26.9. The molecule has 0 fully saturated rings. The summed E-state index contributed by atoms with van der Waals surface area (Å²) in [5.74, 6) is 0. The summed E-state index contributed by atoms with van der Waals surface area (Å²) < 4.78 is 1.37. The summed E-state index contributed by atoms with van der Waals surface area (Å²) in [5.41, 5.74) is 7.45. The third kappa shape index (κ3) is 4.55. The molecule has 144 valence electrons. The monoisotopic (exact) mass is 512 g/mol. The molecule has 2 aliphatic rings. The molecule has 5 rings (SSSR count). The largest absolute Gasteiger partial charge is 1.00 e. The average Bonchev–Trinajstić information content (AvgIpc) is 3.26. The first-order valence-electron chi connectivity index (χ1n) is 9.46. The molecule has 0 aliphatic heterocycles. The van der Waals surface area contributed by atoms with Crippen molar-refractivity contribution in [2.24, 2.45) is 0 Å². The van der Waals surface area contributed by atoms with Crippen molar-refractivity contribution in [3.63, 3.8) is 0 Å². The zero-order chi connectivity index (χ0) is 18.2. The summed E-state index contributed by atoms with van der Waals surface area (Å²) >= 11 is -0.722. The fourth-order valence-electron chi connectivity index (χ4n) is 4.05. The van der Waals surface area contributed by atoms with Crippen LogP contribution in [0.1, 0.15) is 35.1 Å². The van der Waals surface area contributed by atoms with Crippen LogP contribution in [-0.2, 0) is 23.2 Å². The van der Waals surface area contributed by atoms with Crippen LogP contribution in [0.5, 0.6) is 0 Å². The Morgan fingerprint density at radius 3 is 2.21 bits per heavy atom. The third-order valence-corrected chi connectivity index (χ3v) is 12.2. The molecule has 0 spiro atoms. The van der Waals surface area contributed by atoms with Gasteiger partial charge in [0.15, 0.2) is 0 Å². The Morgan fingerprint density at radius 1 is 0.759 bits per heavy atom. The number of hydrogen-bond acceptors (Lipinski definition) is 0. The van der Waals surface area contributed by atoms with Crippen LogP contribution in [-0.4, -0.2) is 0 Å². The van der Waals surface area contributed by atoms with Crippen molar-refractivity contribution in [3.05, 3.63) is 112 Å². The van der Waals surface area contributed by atoms with Gasteiger partial charge in [0, 0.05) is 0 Å². The Hall–Kier alpha value is -0.967. The molecule has 29 heavy (non-hydrogen) atoms. The van der Waals surface area contributed by atoms with E-state index in [1.807, 2.05) is 0 Å². The van der Waals surface area contributed by atoms with Gasteiger partial charge in [-0.2, -0.15) is 0 Å². The van der Waals surface area contributed by atoms with E-state index in [9.17, 15) is 0 Å². The number of benzene rings is 3. The van der Waals surface area contributed by atoms with Gasteiger partial charge in [0.2, 0.25) is 0 Å². The summed E-state index contributed by atoms with van der Waals surface area (Å²) in [5, 5.41) is 3.16. The van der Waals surface area contributed by atoms with Crippen LogP contribution in [0.3, 0.4) is 0 Å². The van der Waals surface area contributed by atoms with Crippen LogP contribution in [0.2, 0.25) is 0 Å². The van der Waals surface area contributed by atoms with Gasteiger partial charge in [-0.05, 0) is 0 Å². The molecule has 0 bridgehead atoms. The Kier molecular flexibility index (Phi) is 7.75. The number of fused-ring (bicyclic) bond motifs is 2. The Balaban J connectivity index is 0.00000120. The van der Waals surface area contributed by atoms with Gasteiger partial charge in [-0.1, -0.05) is 0 Å². The van der Waals surface area contributed by atoms with E-state index in [1.54, 1.807) is 16.4 Å². The van der Waals surface area contributed by atoms with E-state index in [0.717, 1.165) is 8.58 Å². The van der Waals surface area contributed by atoms with Crippen molar-refractivity contribution < 1.29 is 48.0 Å². The molecule has 0 radical (unpaired) electrons. The molecule has 0 saturated heterocycles. The fourth-order valence-corrected chi connectivity index (χ4v) is 10.6. The smallest absolute Gasteiger partial charge is 1.00 e. The molecule has 0 saturated carbocycles. The quantitative estimate of drug-likeness (QED) is 0.439. The van der Waals surface area contributed by atoms with Crippen molar-refractivity contribution >= 4 is 26.0 Å². The van der Waals surface area contributed by atoms with Gasteiger partial charge < -0.3 is 24.8 Å². The third-order valence-electron chi connectivity index (χ3n) is 5.50. The second kappa shape index (κ2) is 9.89. The summed E-state index contributed by atoms with van der Waals surface area (Å²) in [4.78, 5) is 0. The van der Waals surface area contributed by atoms with Gasteiger partial charge in [-0.25, -0.2) is 0 Å². The summed E-state index contributed by atoms with van der Waals surface area (Å²) in [7, 11) is 0.789. The van der Waals surface area contributed by atoms with Crippen molar-refractivity contribution in [1.29, 1.82) is 0 Å². The van der Waals surface area contributed by atoms with E-state index >= 15 is 0 Å². The second-order valence-electron chi connectivity index (χ2n) is 7.23. The molecular formula is C25H21Cl2PZr. The Labute approximate surface area is 199 Å². The van der Waals surface area contributed by atoms with Crippen molar-refractivity contribution in [1.82, 2.24) is 0 Å². The predicted octanol–water partition coefficient (Wildman–Crippen LogP) is 0.253. The molecule has 0 aromatic heterocycles. The van der Waals surface area contributed by atoms with Crippen molar-refractivity contribution in [2.45, 2.75) is 14.2 Å². The van der Waals surface area contributed by atoms with Crippen LogP contribution < -0.4 is 30.1 Å². The molecular weight excluding hydrogens is 493 g/mol. The zero-order valence-electron chi connectivity index (χ0n) is 16.1. The van der Waals surface area contributed by atoms with E-state index < -0.39 is 23.2 Å².